The minimum Gasteiger partial charge on any atom is -0.199 e. The molecular formula is C10Cl3F21. The number of halogens is 24. The summed E-state index contributed by atoms with van der Waals surface area (Å²) in [4.78, 5) is 0. The molecule has 0 aliphatic rings. The van der Waals surface area contributed by atoms with Crippen molar-refractivity contribution in [3.05, 3.63) is 0 Å². The van der Waals surface area contributed by atoms with Crippen LogP contribution in [0.2, 0.25) is 0 Å². The van der Waals surface area contributed by atoms with E-state index in [2.05, 4.69) is 34.8 Å². The molecule has 0 heterocycles. The molecule has 0 bridgehead atoms. The quantitative estimate of drug-likeness (QED) is 0.205. The molecular weight excluding hydrogens is 625 g/mol. The van der Waals surface area contributed by atoms with Crippen molar-refractivity contribution < 1.29 is 92.2 Å². The average Bonchev–Trinajstić information content (AvgIpc) is 2.50. The first-order chi connectivity index (χ1) is 14.0. The fourth-order valence-electron chi connectivity index (χ4n) is 1.14. The van der Waals surface area contributed by atoms with Crippen molar-refractivity contribution >= 4 is 34.8 Å². The van der Waals surface area contributed by atoms with E-state index in [4.69, 9.17) is 0 Å². The molecule has 0 aromatic carbocycles. The number of hydrogen-bond donors (Lipinski definition) is 0. The van der Waals surface area contributed by atoms with Gasteiger partial charge in [0, 0.05) is 0 Å². The second-order valence-electron chi connectivity index (χ2n) is 5.44. The predicted molar refractivity (Wildman–Crippen MR) is 68.1 cm³/mol. The molecule has 0 aliphatic carbocycles. The lowest BCUT2D eigenvalue weighted by molar-refractivity contribution is -0.468. The molecule has 0 fully saturated rings. The summed E-state index contributed by atoms with van der Waals surface area (Å²) in [5, 5.41) is -4.23. The van der Waals surface area contributed by atoms with Gasteiger partial charge >= 0.3 is 57.9 Å². The molecule has 0 aromatic heterocycles. The van der Waals surface area contributed by atoms with E-state index in [-0.39, 0.29) is 0 Å². The molecule has 0 rings (SSSR count). The largest absolute Gasteiger partial charge is 0.460 e. The van der Waals surface area contributed by atoms with E-state index in [1.165, 1.54) is 0 Å². The van der Waals surface area contributed by atoms with Crippen LogP contribution in [0.5, 0.6) is 0 Å². The molecule has 208 valence electrons. The van der Waals surface area contributed by atoms with Crippen LogP contribution in [0, 0.1) is 0 Å². The Hall–Kier alpha value is -0.600. The summed E-state index contributed by atoms with van der Waals surface area (Å²) in [7, 11) is 0. The molecule has 0 saturated heterocycles. The van der Waals surface area contributed by atoms with Gasteiger partial charge in [-0.3, -0.25) is 0 Å². The topological polar surface area (TPSA) is 0 Å². The van der Waals surface area contributed by atoms with Gasteiger partial charge in [-0.15, -0.1) is 0 Å². The zero-order valence-electron chi connectivity index (χ0n) is 14.1. The van der Waals surface area contributed by atoms with E-state index in [1.54, 1.807) is 0 Å². The molecule has 0 saturated carbocycles. The van der Waals surface area contributed by atoms with E-state index < -0.39 is 57.9 Å². The van der Waals surface area contributed by atoms with Gasteiger partial charge < -0.3 is 0 Å². The van der Waals surface area contributed by atoms with Crippen molar-refractivity contribution in [1.29, 1.82) is 0 Å². The first-order valence-electron chi connectivity index (χ1n) is 6.54. The van der Waals surface area contributed by atoms with Crippen molar-refractivity contribution in [2.24, 2.45) is 0 Å². The number of rotatable bonds is 6. The van der Waals surface area contributed by atoms with Gasteiger partial charge in [0.05, 0.1) is 0 Å². The highest BCUT2D eigenvalue weighted by molar-refractivity contribution is 6.51. The van der Waals surface area contributed by atoms with E-state index in [0.29, 0.717) is 0 Å². The van der Waals surface area contributed by atoms with Gasteiger partial charge in [-0.25, -0.2) is 0 Å². The fraction of sp³-hybridized carbons (Fsp3) is 1.00. The second-order valence-corrected chi connectivity index (χ2v) is 7.15. The summed E-state index contributed by atoms with van der Waals surface area (Å²) >= 11 is 12.5. The average molecular weight is 625 g/mol. The standard InChI is InChI=1S/C8F18.C2Cl3F3/c9-1(10,3(13,14)5(17,18)7(21,22)23)2(11,12)4(15,16)6(19,20)8(24,25)26;3-1(4,6)2(5,7)8. The summed E-state index contributed by atoms with van der Waals surface area (Å²) < 4.78 is 251. The van der Waals surface area contributed by atoms with Gasteiger partial charge in [-0.2, -0.15) is 92.2 Å². The predicted octanol–water partition coefficient (Wildman–Crippen LogP) is 8.84. The molecule has 0 radical (unpaired) electrons. The summed E-state index contributed by atoms with van der Waals surface area (Å²) in [5.74, 6) is -51.0. The van der Waals surface area contributed by atoms with Crippen molar-refractivity contribution in [3.63, 3.8) is 0 Å². The zero-order valence-corrected chi connectivity index (χ0v) is 16.3. The van der Waals surface area contributed by atoms with Crippen molar-refractivity contribution in [1.82, 2.24) is 0 Å². The highest BCUT2D eigenvalue weighted by atomic mass is 35.5. The Balaban J connectivity index is 0. The zero-order chi connectivity index (χ0) is 29.0. The summed E-state index contributed by atoms with van der Waals surface area (Å²) in [6.45, 7) is 0. The molecule has 0 aromatic rings. The van der Waals surface area contributed by atoms with Crippen LogP contribution in [0.25, 0.3) is 0 Å². The number of hydrogen-bond acceptors (Lipinski definition) is 0. The van der Waals surface area contributed by atoms with Crippen LogP contribution in [-0.2, 0) is 0 Å². The molecule has 0 aliphatic heterocycles. The van der Waals surface area contributed by atoms with Gasteiger partial charge in [-0.1, -0.05) is 23.2 Å². The highest BCUT2D eigenvalue weighted by Crippen LogP contribution is 2.64. The monoisotopic (exact) mass is 624 g/mol. The third kappa shape index (κ3) is 5.69. The lowest BCUT2D eigenvalue weighted by atomic mass is 9.91. The third-order valence-electron chi connectivity index (χ3n) is 3.01. The molecule has 0 unspecified atom stereocenters. The smallest absolute Gasteiger partial charge is 0.199 e. The Bertz CT molecular complexity index is 630. The van der Waals surface area contributed by atoms with Gasteiger partial charge in [0.2, 0.25) is 0 Å². The Morgan fingerprint density at radius 3 is 0.471 bits per heavy atom. The molecule has 0 nitrogen and oxygen atoms in total. The minimum absolute atomic E-state index is 3.69. The normalized spacial score (nSPS) is 16.2. The van der Waals surface area contributed by atoms with Crippen LogP contribution in [0.3, 0.4) is 0 Å². The van der Waals surface area contributed by atoms with E-state index >= 15 is 0 Å². The number of alkyl halides is 24. The minimum atomic E-state index is -8.72. The van der Waals surface area contributed by atoms with E-state index in [9.17, 15) is 92.2 Å². The van der Waals surface area contributed by atoms with Crippen molar-refractivity contribution in [2.75, 3.05) is 0 Å². The van der Waals surface area contributed by atoms with Gasteiger partial charge in [0.25, 0.3) is 0 Å². The highest BCUT2D eigenvalue weighted by Gasteiger charge is 2.95. The van der Waals surface area contributed by atoms with E-state index in [1.807, 2.05) is 0 Å². The SMILES string of the molecule is FC(F)(Cl)C(F)(Cl)Cl.FC(F)(F)C(F)(F)C(F)(F)C(F)(F)C(F)(F)C(F)(F)C(F)(F)C(F)(F)F. The maximum absolute atomic E-state index is 12.8. The van der Waals surface area contributed by atoms with Crippen LogP contribution in [0.4, 0.5) is 92.2 Å². The Kier molecular flexibility index (Phi) is 9.47. The summed E-state index contributed by atoms with van der Waals surface area (Å²) in [6, 6.07) is 0. The van der Waals surface area contributed by atoms with Gasteiger partial charge in [-0.05, 0) is 11.6 Å². The van der Waals surface area contributed by atoms with Crippen LogP contribution in [0.1, 0.15) is 0 Å². The molecule has 0 atom stereocenters. The molecule has 0 amide bonds. The molecule has 24 heteroatoms. The van der Waals surface area contributed by atoms with Crippen LogP contribution >= 0.6 is 34.8 Å². The fourth-order valence-corrected chi connectivity index (χ4v) is 1.14. The maximum atomic E-state index is 12.8. The van der Waals surface area contributed by atoms with Crippen molar-refractivity contribution in [3.8, 4) is 0 Å². The first-order valence-corrected chi connectivity index (χ1v) is 7.67. The Morgan fingerprint density at radius 1 is 0.265 bits per heavy atom. The lowest BCUT2D eigenvalue weighted by Crippen LogP contribution is -2.74. The first kappa shape index (κ1) is 35.6. The Labute approximate surface area is 185 Å². The maximum Gasteiger partial charge on any atom is 0.460 e. The van der Waals surface area contributed by atoms with Crippen LogP contribution in [0.15, 0.2) is 0 Å². The Morgan fingerprint density at radius 2 is 0.382 bits per heavy atom. The molecule has 0 spiro atoms. The van der Waals surface area contributed by atoms with Gasteiger partial charge in [0.15, 0.2) is 0 Å². The molecule has 34 heavy (non-hydrogen) atoms. The third-order valence-corrected chi connectivity index (χ3v) is 3.93. The summed E-state index contributed by atoms with van der Waals surface area (Å²) in [6.07, 6.45) is -15.6. The second kappa shape index (κ2) is 9.05. The van der Waals surface area contributed by atoms with E-state index in [0.717, 1.165) is 0 Å². The van der Waals surface area contributed by atoms with Gasteiger partial charge in [0.1, 0.15) is 0 Å². The molecule has 0 N–H and O–H groups in total. The van der Waals surface area contributed by atoms with Crippen LogP contribution in [-0.4, -0.2) is 57.9 Å². The lowest BCUT2D eigenvalue weighted by Gasteiger charge is -2.41. The van der Waals surface area contributed by atoms with Crippen molar-refractivity contribution in [2.45, 2.75) is 57.9 Å². The van der Waals surface area contributed by atoms with Crippen LogP contribution < -0.4 is 0 Å². The summed E-state index contributed by atoms with van der Waals surface area (Å²) in [5.41, 5.74) is 0.